The standard InChI is InChI=1S/C18H22N6O2/c1-10-15(11(2)24(3)23-10)16-12(6-7-26-16)8-19-18(25)14-5-4-13-17(22-14)21-9-20-13/h4-5,9,12,16H,6-8H2,1-3H3,(H,19,25)(H,20,21,22)/t12-,16+/m1/s1. The molecule has 0 unspecified atom stereocenters. The Balaban J connectivity index is 1.47. The van der Waals surface area contributed by atoms with E-state index in [0.29, 0.717) is 24.5 Å². The molecule has 3 aromatic heterocycles. The molecule has 0 saturated carbocycles. The minimum absolute atomic E-state index is 0.0363. The first-order valence-electron chi connectivity index (χ1n) is 8.74. The molecule has 0 aromatic carbocycles. The van der Waals surface area contributed by atoms with E-state index in [1.165, 1.54) is 0 Å². The molecule has 8 heteroatoms. The fraction of sp³-hybridized carbons (Fsp3) is 0.444. The highest BCUT2D eigenvalue weighted by molar-refractivity contribution is 5.93. The summed E-state index contributed by atoms with van der Waals surface area (Å²) in [7, 11) is 1.94. The number of hydrogen-bond donors (Lipinski definition) is 2. The van der Waals surface area contributed by atoms with Crippen molar-refractivity contribution in [3.05, 3.63) is 41.1 Å². The van der Waals surface area contributed by atoms with Gasteiger partial charge in [0.05, 0.1) is 23.6 Å². The Kier molecular flexibility index (Phi) is 4.20. The highest BCUT2D eigenvalue weighted by atomic mass is 16.5. The highest BCUT2D eigenvalue weighted by Crippen LogP contribution is 2.37. The van der Waals surface area contributed by atoms with Gasteiger partial charge in [0.2, 0.25) is 0 Å². The number of carbonyl (C=O) groups is 1. The van der Waals surface area contributed by atoms with Crippen LogP contribution in [0.3, 0.4) is 0 Å². The maximum Gasteiger partial charge on any atom is 0.269 e. The van der Waals surface area contributed by atoms with Crippen LogP contribution in [0.5, 0.6) is 0 Å². The molecular weight excluding hydrogens is 332 g/mol. The molecule has 2 N–H and O–H groups in total. The van der Waals surface area contributed by atoms with Gasteiger partial charge in [0.1, 0.15) is 5.69 Å². The third-order valence-electron chi connectivity index (χ3n) is 5.10. The minimum atomic E-state index is -0.194. The number of hydrogen-bond acceptors (Lipinski definition) is 5. The van der Waals surface area contributed by atoms with Gasteiger partial charge in [0.15, 0.2) is 5.65 Å². The quantitative estimate of drug-likeness (QED) is 0.745. The van der Waals surface area contributed by atoms with Crippen LogP contribution in [0.2, 0.25) is 0 Å². The number of imidazole rings is 1. The zero-order valence-electron chi connectivity index (χ0n) is 15.1. The molecule has 1 amide bonds. The molecule has 8 nitrogen and oxygen atoms in total. The lowest BCUT2D eigenvalue weighted by Crippen LogP contribution is -2.31. The molecule has 3 aromatic rings. The number of fused-ring (bicyclic) bond motifs is 1. The molecule has 0 radical (unpaired) electrons. The van der Waals surface area contributed by atoms with Gasteiger partial charge >= 0.3 is 0 Å². The van der Waals surface area contributed by atoms with Crippen LogP contribution in [-0.4, -0.2) is 43.8 Å². The summed E-state index contributed by atoms with van der Waals surface area (Å²) >= 11 is 0. The van der Waals surface area contributed by atoms with Gasteiger partial charge in [-0.2, -0.15) is 5.10 Å². The Morgan fingerprint density at radius 1 is 1.42 bits per heavy atom. The van der Waals surface area contributed by atoms with E-state index in [9.17, 15) is 4.79 Å². The van der Waals surface area contributed by atoms with E-state index in [0.717, 1.165) is 28.9 Å². The van der Waals surface area contributed by atoms with E-state index in [2.05, 4.69) is 32.3 Å². The van der Waals surface area contributed by atoms with Crippen molar-refractivity contribution in [2.75, 3.05) is 13.2 Å². The summed E-state index contributed by atoms with van der Waals surface area (Å²) in [4.78, 5) is 23.8. The molecule has 1 aliphatic rings. The Morgan fingerprint density at radius 2 is 2.27 bits per heavy atom. The molecule has 136 valence electrons. The number of nitrogens with zero attached hydrogens (tertiary/aromatic N) is 4. The number of ether oxygens (including phenoxy) is 1. The fourth-order valence-corrected chi connectivity index (χ4v) is 3.63. The van der Waals surface area contributed by atoms with Crippen LogP contribution < -0.4 is 5.32 Å². The average molecular weight is 354 g/mol. The summed E-state index contributed by atoms with van der Waals surface area (Å²) in [6, 6.07) is 3.52. The molecular formula is C18H22N6O2. The van der Waals surface area contributed by atoms with Crippen molar-refractivity contribution >= 4 is 17.1 Å². The van der Waals surface area contributed by atoms with Crippen LogP contribution >= 0.6 is 0 Å². The van der Waals surface area contributed by atoms with Crippen LogP contribution in [0.25, 0.3) is 11.2 Å². The van der Waals surface area contributed by atoms with E-state index >= 15 is 0 Å². The van der Waals surface area contributed by atoms with Gasteiger partial charge in [0, 0.05) is 37.4 Å². The van der Waals surface area contributed by atoms with E-state index in [-0.39, 0.29) is 17.9 Å². The van der Waals surface area contributed by atoms with Crippen LogP contribution in [0.15, 0.2) is 18.5 Å². The summed E-state index contributed by atoms with van der Waals surface area (Å²) in [5.74, 6) is 0.0230. The Labute approximate surface area is 151 Å². The van der Waals surface area contributed by atoms with Gasteiger partial charge in [0.25, 0.3) is 5.91 Å². The predicted octanol–water partition coefficient (Wildman–Crippen LogP) is 1.82. The number of rotatable bonds is 4. The summed E-state index contributed by atoms with van der Waals surface area (Å²) in [5.41, 5.74) is 4.96. The minimum Gasteiger partial charge on any atom is -0.373 e. The summed E-state index contributed by atoms with van der Waals surface area (Å²) in [5, 5.41) is 7.48. The number of aromatic amines is 1. The second-order valence-corrected chi connectivity index (χ2v) is 6.73. The molecule has 0 spiro atoms. The lowest BCUT2D eigenvalue weighted by Gasteiger charge is -2.19. The SMILES string of the molecule is Cc1nn(C)c(C)c1[C@H]1OCC[C@@H]1CNC(=O)c1ccc2[nH]cnc2n1. The zero-order valence-corrected chi connectivity index (χ0v) is 15.1. The number of carbonyl (C=O) groups excluding carboxylic acids is 1. The van der Waals surface area contributed by atoms with Crippen LogP contribution in [0, 0.1) is 19.8 Å². The fourth-order valence-electron chi connectivity index (χ4n) is 3.63. The van der Waals surface area contributed by atoms with Gasteiger partial charge in [-0.1, -0.05) is 0 Å². The topological polar surface area (TPSA) is 97.7 Å². The molecule has 0 aliphatic carbocycles. The largest absolute Gasteiger partial charge is 0.373 e. The van der Waals surface area contributed by atoms with Crippen molar-refractivity contribution in [3.8, 4) is 0 Å². The summed E-state index contributed by atoms with van der Waals surface area (Å²) in [6.07, 6.45) is 2.44. The Morgan fingerprint density at radius 3 is 3.04 bits per heavy atom. The Hall–Kier alpha value is -2.74. The first kappa shape index (κ1) is 16.7. The van der Waals surface area contributed by atoms with Crippen molar-refractivity contribution in [2.24, 2.45) is 13.0 Å². The summed E-state index contributed by atoms with van der Waals surface area (Å²) < 4.78 is 7.86. The van der Waals surface area contributed by atoms with Gasteiger partial charge in [-0.15, -0.1) is 0 Å². The van der Waals surface area contributed by atoms with Gasteiger partial charge in [-0.3, -0.25) is 9.48 Å². The predicted molar refractivity (Wildman–Crippen MR) is 95.7 cm³/mol. The average Bonchev–Trinajstić information content (AvgIpc) is 3.32. The van der Waals surface area contributed by atoms with Gasteiger partial charge < -0.3 is 15.0 Å². The summed E-state index contributed by atoms with van der Waals surface area (Å²) in [6.45, 7) is 5.28. The van der Waals surface area contributed by atoms with E-state index in [1.807, 2.05) is 24.7 Å². The second kappa shape index (κ2) is 6.53. The molecule has 0 bridgehead atoms. The van der Waals surface area contributed by atoms with Crippen molar-refractivity contribution < 1.29 is 9.53 Å². The first-order chi connectivity index (χ1) is 12.5. The van der Waals surface area contributed by atoms with Crippen LogP contribution in [0.4, 0.5) is 0 Å². The zero-order chi connectivity index (χ0) is 18.3. The number of nitrogens with one attached hydrogen (secondary N) is 2. The lowest BCUT2D eigenvalue weighted by atomic mass is 9.94. The molecule has 1 fully saturated rings. The number of pyridine rings is 1. The van der Waals surface area contributed by atoms with Crippen molar-refractivity contribution in [1.29, 1.82) is 0 Å². The van der Waals surface area contributed by atoms with Gasteiger partial charge in [-0.25, -0.2) is 9.97 Å². The van der Waals surface area contributed by atoms with E-state index in [4.69, 9.17) is 4.74 Å². The van der Waals surface area contributed by atoms with Crippen LogP contribution in [0.1, 0.15) is 40.0 Å². The molecule has 4 heterocycles. The lowest BCUT2D eigenvalue weighted by molar-refractivity contribution is 0.0838. The maximum absolute atomic E-state index is 12.5. The molecule has 1 saturated heterocycles. The first-order valence-corrected chi connectivity index (χ1v) is 8.74. The Bertz CT molecular complexity index is 960. The normalized spacial score (nSPS) is 20.0. The molecule has 4 rings (SSSR count). The third kappa shape index (κ3) is 2.86. The van der Waals surface area contributed by atoms with Crippen molar-refractivity contribution in [2.45, 2.75) is 26.4 Å². The molecule has 1 aliphatic heterocycles. The van der Waals surface area contributed by atoms with Gasteiger partial charge in [-0.05, 0) is 32.4 Å². The van der Waals surface area contributed by atoms with E-state index in [1.54, 1.807) is 12.4 Å². The number of H-pyrrole nitrogens is 1. The monoisotopic (exact) mass is 354 g/mol. The number of amides is 1. The van der Waals surface area contributed by atoms with Crippen molar-refractivity contribution in [3.63, 3.8) is 0 Å². The van der Waals surface area contributed by atoms with Crippen molar-refractivity contribution in [1.82, 2.24) is 30.0 Å². The molecule has 26 heavy (non-hydrogen) atoms. The third-order valence-corrected chi connectivity index (χ3v) is 5.10. The number of aromatic nitrogens is 5. The smallest absolute Gasteiger partial charge is 0.269 e. The number of aryl methyl sites for hydroxylation is 2. The van der Waals surface area contributed by atoms with Crippen LogP contribution in [-0.2, 0) is 11.8 Å². The second-order valence-electron chi connectivity index (χ2n) is 6.73. The highest BCUT2D eigenvalue weighted by Gasteiger charge is 2.33. The van der Waals surface area contributed by atoms with E-state index < -0.39 is 0 Å². The molecule has 2 atom stereocenters. The maximum atomic E-state index is 12.5.